The van der Waals surface area contributed by atoms with E-state index in [2.05, 4.69) is 15.4 Å². The number of ether oxygens (including phenoxy) is 1. The van der Waals surface area contributed by atoms with Gasteiger partial charge in [-0.2, -0.15) is 0 Å². The monoisotopic (exact) mass is 467 g/mol. The van der Waals surface area contributed by atoms with Gasteiger partial charge in [0.1, 0.15) is 5.54 Å². The van der Waals surface area contributed by atoms with E-state index in [9.17, 15) is 22.4 Å². The Kier molecular flexibility index (Phi) is 6.19. The molecule has 1 saturated heterocycles. The quantitative estimate of drug-likeness (QED) is 0.323. The van der Waals surface area contributed by atoms with E-state index in [4.69, 9.17) is 4.74 Å². The minimum Gasteiger partial charge on any atom is -0.490 e. The number of hydrogen-bond acceptors (Lipinski definition) is 5. The van der Waals surface area contributed by atoms with Gasteiger partial charge < -0.3 is 10.1 Å². The third-order valence-corrected chi connectivity index (χ3v) is 7.99. The second-order valence-corrected chi connectivity index (χ2v) is 11.3. The van der Waals surface area contributed by atoms with Crippen molar-refractivity contribution in [2.24, 2.45) is 5.92 Å². The molecule has 0 spiro atoms. The van der Waals surface area contributed by atoms with Crippen LogP contribution in [-0.4, -0.2) is 38.3 Å². The van der Waals surface area contributed by atoms with Gasteiger partial charge >= 0.3 is 6.03 Å². The Bertz CT molecular complexity index is 1010. The van der Waals surface area contributed by atoms with E-state index >= 15 is 0 Å². The number of nitrogens with one attached hydrogen (secondary N) is 3. The molecular formula is C22H30FN3O5S. The summed E-state index contributed by atoms with van der Waals surface area (Å²) in [5.41, 5.74) is -0.901. The minimum atomic E-state index is -3.53. The molecule has 8 nitrogen and oxygen atoms in total. The summed E-state index contributed by atoms with van der Waals surface area (Å²) in [5, 5.41) is 4.82. The largest absolute Gasteiger partial charge is 0.490 e. The van der Waals surface area contributed by atoms with Crippen molar-refractivity contribution in [2.75, 3.05) is 12.4 Å². The molecule has 0 aromatic heterocycles. The van der Waals surface area contributed by atoms with Gasteiger partial charge in [-0.05, 0) is 69.1 Å². The molecule has 1 aromatic rings. The van der Waals surface area contributed by atoms with Gasteiger partial charge in [-0.3, -0.25) is 10.1 Å². The highest BCUT2D eigenvalue weighted by molar-refractivity contribution is 7.89. The van der Waals surface area contributed by atoms with Crippen molar-refractivity contribution >= 4 is 22.0 Å². The molecule has 4 rings (SSSR count). The van der Waals surface area contributed by atoms with Gasteiger partial charge in [0.15, 0.2) is 11.6 Å². The molecule has 0 unspecified atom stereocenters. The Balaban J connectivity index is 1.27. The number of halogens is 1. The van der Waals surface area contributed by atoms with Crippen LogP contribution in [0.5, 0.6) is 5.75 Å². The number of imide groups is 1. The van der Waals surface area contributed by atoms with Gasteiger partial charge in [0.25, 0.3) is 5.91 Å². The molecule has 0 bridgehead atoms. The molecule has 1 atom stereocenters. The number of hydrogen-bond donors (Lipinski definition) is 3. The normalized spacial score (nSPS) is 24.2. The average Bonchev–Trinajstić information content (AvgIpc) is 3.63. The van der Waals surface area contributed by atoms with Gasteiger partial charge in [0.05, 0.1) is 17.9 Å². The smallest absolute Gasteiger partial charge is 0.322 e. The molecule has 1 heterocycles. The van der Waals surface area contributed by atoms with Crippen LogP contribution in [0.25, 0.3) is 0 Å². The molecule has 32 heavy (non-hydrogen) atoms. The van der Waals surface area contributed by atoms with Crippen molar-refractivity contribution < 1.29 is 27.1 Å². The maximum absolute atomic E-state index is 14.1. The summed E-state index contributed by atoms with van der Waals surface area (Å²) in [6.07, 6.45) is 5.64. The Hall–Kier alpha value is -2.20. The molecule has 10 heteroatoms. The fourth-order valence-corrected chi connectivity index (χ4v) is 5.63. The standard InChI is InChI=1S/C22H30FN3O5S/c1-21(19(27)24-20(28)25-21)9-3-2-4-12-32(29,30)26-22(10-11-22)16-7-8-17(23)18(13-16)31-14-15-5-6-15/h7-8,13,15,26H,2-6,9-12,14H2,1H3,(H2,24,25,27,28)/t21-/m0/s1. The predicted molar refractivity (Wildman–Crippen MR) is 116 cm³/mol. The highest BCUT2D eigenvalue weighted by Crippen LogP contribution is 2.47. The van der Waals surface area contributed by atoms with Crippen LogP contribution < -0.4 is 20.1 Å². The summed E-state index contributed by atoms with van der Waals surface area (Å²) < 4.78 is 47.9. The van der Waals surface area contributed by atoms with Gasteiger partial charge in [-0.1, -0.05) is 18.9 Å². The van der Waals surface area contributed by atoms with Crippen molar-refractivity contribution in [1.82, 2.24) is 15.4 Å². The Morgan fingerprint density at radius 3 is 2.56 bits per heavy atom. The molecule has 1 aromatic carbocycles. The first-order valence-electron chi connectivity index (χ1n) is 11.2. The molecule has 2 aliphatic carbocycles. The lowest BCUT2D eigenvalue weighted by Crippen LogP contribution is -2.43. The van der Waals surface area contributed by atoms with E-state index in [1.54, 1.807) is 19.1 Å². The van der Waals surface area contributed by atoms with Crippen LogP contribution in [0.1, 0.15) is 63.9 Å². The molecule has 3 fully saturated rings. The molecular weight excluding hydrogens is 437 g/mol. The Labute approximate surface area is 187 Å². The van der Waals surface area contributed by atoms with Crippen LogP contribution in [0.4, 0.5) is 9.18 Å². The van der Waals surface area contributed by atoms with Gasteiger partial charge in [-0.15, -0.1) is 0 Å². The highest BCUT2D eigenvalue weighted by Gasteiger charge is 2.47. The third-order valence-electron chi connectivity index (χ3n) is 6.46. The molecule has 3 aliphatic rings. The Morgan fingerprint density at radius 1 is 1.19 bits per heavy atom. The third kappa shape index (κ3) is 5.40. The van der Waals surface area contributed by atoms with Crippen molar-refractivity contribution in [3.05, 3.63) is 29.6 Å². The predicted octanol–water partition coefficient (Wildman–Crippen LogP) is 2.68. The van der Waals surface area contributed by atoms with Crippen molar-refractivity contribution in [1.29, 1.82) is 0 Å². The summed E-state index contributed by atoms with van der Waals surface area (Å²) in [6.45, 7) is 2.15. The first-order valence-corrected chi connectivity index (χ1v) is 12.8. The summed E-state index contributed by atoms with van der Waals surface area (Å²) in [5.74, 6) is -0.151. The summed E-state index contributed by atoms with van der Waals surface area (Å²) in [6, 6.07) is 4.08. The fourth-order valence-electron chi connectivity index (χ4n) is 4.03. The van der Waals surface area contributed by atoms with Crippen LogP contribution in [0.3, 0.4) is 0 Å². The van der Waals surface area contributed by atoms with Crippen molar-refractivity contribution in [3.63, 3.8) is 0 Å². The first-order chi connectivity index (χ1) is 15.1. The summed E-state index contributed by atoms with van der Waals surface area (Å²) >= 11 is 0. The van der Waals surface area contributed by atoms with E-state index in [0.717, 1.165) is 18.4 Å². The highest BCUT2D eigenvalue weighted by atomic mass is 32.2. The molecule has 176 valence electrons. The minimum absolute atomic E-state index is 0.0315. The SMILES string of the molecule is C[C@@]1(CCCCCS(=O)(=O)NC2(c3ccc(F)c(OCC4CC4)c3)CC2)NC(=O)NC1=O. The van der Waals surface area contributed by atoms with E-state index in [-0.39, 0.29) is 17.4 Å². The van der Waals surface area contributed by atoms with Crippen LogP contribution in [0.15, 0.2) is 18.2 Å². The second kappa shape index (κ2) is 8.62. The number of carbonyl (C=O) groups is 2. The topological polar surface area (TPSA) is 114 Å². The number of unbranched alkanes of at least 4 members (excludes halogenated alkanes) is 2. The van der Waals surface area contributed by atoms with Crippen molar-refractivity contribution in [3.8, 4) is 5.75 Å². The van der Waals surface area contributed by atoms with E-state index in [1.165, 1.54) is 6.07 Å². The molecule has 0 radical (unpaired) electrons. The van der Waals surface area contributed by atoms with Crippen LogP contribution in [-0.2, 0) is 20.4 Å². The number of sulfonamides is 1. The molecule has 2 saturated carbocycles. The molecule has 1 aliphatic heterocycles. The number of carbonyl (C=O) groups excluding carboxylic acids is 2. The Morgan fingerprint density at radius 2 is 1.94 bits per heavy atom. The zero-order chi connectivity index (χ0) is 23.0. The number of urea groups is 1. The van der Waals surface area contributed by atoms with Crippen LogP contribution in [0.2, 0.25) is 0 Å². The number of amides is 3. The van der Waals surface area contributed by atoms with Crippen molar-refractivity contribution in [2.45, 2.75) is 69.4 Å². The zero-order valence-electron chi connectivity index (χ0n) is 18.2. The average molecular weight is 468 g/mol. The lowest BCUT2D eigenvalue weighted by Gasteiger charge is -2.20. The molecule has 3 N–H and O–H groups in total. The van der Waals surface area contributed by atoms with Crippen LogP contribution >= 0.6 is 0 Å². The molecule has 3 amide bonds. The van der Waals surface area contributed by atoms with Gasteiger partial charge in [0, 0.05) is 0 Å². The summed E-state index contributed by atoms with van der Waals surface area (Å²) in [4.78, 5) is 23.1. The maximum Gasteiger partial charge on any atom is 0.322 e. The lowest BCUT2D eigenvalue weighted by atomic mass is 9.95. The van der Waals surface area contributed by atoms with Gasteiger partial charge in [0.2, 0.25) is 10.0 Å². The second-order valence-electron chi connectivity index (χ2n) is 9.45. The van der Waals surface area contributed by atoms with E-state index in [0.29, 0.717) is 51.0 Å². The summed E-state index contributed by atoms with van der Waals surface area (Å²) in [7, 11) is -3.53. The van der Waals surface area contributed by atoms with Gasteiger partial charge in [-0.25, -0.2) is 22.3 Å². The first kappa shape index (κ1) is 23.0. The van der Waals surface area contributed by atoms with E-state index < -0.39 is 32.9 Å². The fraction of sp³-hybridized carbons (Fsp3) is 0.636. The number of benzene rings is 1. The zero-order valence-corrected chi connectivity index (χ0v) is 19.0. The van der Waals surface area contributed by atoms with Crippen LogP contribution in [0, 0.1) is 11.7 Å². The maximum atomic E-state index is 14.1. The lowest BCUT2D eigenvalue weighted by molar-refractivity contribution is -0.123. The number of rotatable bonds is 12. The van der Waals surface area contributed by atoms with E-state index in [1.807, 2.05) is 0 Å².